The third-order valence-electron chi connectivity index (χ3n) is 2.50. The van der Waals surface area contributed by atoms with Crippen LogP contribution in [-0.2, 0) is 15.3 Å². The summed E-state index contributed by atoms with van der Waals surface area (Å²) in [6.07, 6.45) is 0. The van der Waals surface area contributed by atoms with Gasteiger partial charge in [0.05, 0.1) is 0 Å². The van der Waals surface area contributed by atoms with Crippen LogP contribution in [0.5, 0.6) is 0 Å². The molecule has 1 rings (SSSR count). The lowest BCUT2D eigenvalue weighted by molar-refractivity contribution is -0.230. The maximum Gasteiger partial charge on any atom is 0.194 e. The van der Waals surface area contributed by atoms with Gasteiger partial charge in [-0.2, -0.15) is 0 Å². The van der Waals surface area contributed by atoms with Crippen molar-refractivity contribution < 1.29 is 9.47 Å². The van der Waals surface area contributed by atoms with E-state index in [1.54, 1.807) is 0 Å². The first-order chi connectivity index (χ1) is 8.80. The lowest BCUT2D eigenvalue weighted by Crippen LogP contribution is -2.31. The second-order valence-electron chi connectivity index (χ2n) is 3.76. The molecule has 0 spiro atoms. The van der Waals surface area contributed by atoms with Gasteiger partial charge in [0.2, 0.25) is 0 Å². The van der Waals surface area contributed by atoms with E-state index < -0.39 is 5.79 Å². The highest BCUT2D eigenvalue weighted by Gasteiger charge is 2.35. The Kier molecular flexibility index (Phi) is 7.53. The molecule has 0 bridgehead atoms. The molecule has 2 nitrogen and oxygen atoms in total. The summed E-state index contributed by atoms with van der Waals surface area (Å²) >= 11 is 17.8. The number of halogens is 5. The molecule has 108 valence electrons. The van der Waals surface area contributed by atoms with Crippen LogP contribution in [0.25, 0.3) is 0 Å². The lowest BCUT2D eigenvalue weighted by Gasteiger charge is -2.32. The van der Waals surface area contributed by atoms with Gasteiger partial charge in [0.15, 0.2) is 5.79 Å². The number of rotatable bonds is 5. The highest BCUT2D eigenvalue weighted by molar-refractivity contribution is 9.15. The SMILES string of the molecule is CCOC(C)(OCC)c1c(Br)c(Br)c(Br)c(Br)c1Br. The zero-order valence-corrected chi connectivity index (χ0v) is 18.6. The number of benzene rings is 1. The molecule has 0 aromatic heterocycles. The highest BCUT2D eigenvalue weighted by atomic mass is 79.9. The van der Waals surface area contributed by atoms with E-state index in [0.29, 0.717) is 13.2 Å². The maximum absolute atomic E-state index is 5.83. The van der Waals surface area contributed by atoms with Crippen molar-refractivity contribution in [2.45, 2.75) is 26.6 Å². The first-order valence-corrected chi connectivity index (χ1v) is 9.56. The van der Waals surface area contributed by atoms with Crippen molar-refractivity contribution >= 4 is 79.6 Å². The van der Waals surface area contributed by atoms with Crippen LogP contribution in [0, 0.1) is 0 Å². The molecule has 0 N–H and O–H groups in total. The van der Waals surface area contributed by atoms with Crippen LogP contribution >= 0.6 is 79.6 Å². The zero-order valence-electron chi connectivity index (χ0n) is 10.6. The van der Waals surface area contributed by atoms with Gasteiger partial charge in [0.1, 0.15) is 0 Å². The van der Waals surface area contributed by atoms with Crippen molar-refractivity contribution in [3.63, 3.8) is 0 Å². The van der Waals surface area contributed by atoms with Gasteiger partial charge in [0.25, 0.3) is 0 Å². The average Bonchev–Trinajstić information content (AvgIpc) is 2.34. The quantitative estimate of drug-likeness (QED) is 0.215. The first kappa shape index (κ1) is 18.6. The Hall–Kier alpha value is 1.54. The first-order valence-electron chi connectivity index (χ1n) is 5.59. The van der Waals surface area contributed by atoms with Crippen molar-refractivity contribution in [3.8, 4) is 0 Å². The van der Waals surface area contributed by atoms with E-state index in [4.69, 9.17) is 9.47 Å². The summed E-state index contributed by atoms with van der Waals surface area (Å²) in [6.45, 7) is 6.92. The highest BCUT2D eigenvalue weighted by Crippen LogP contribution is 2.49. The summed E-state index contributed by atoms with van der Waals surface area (Å²) < 4.78 is 16.2. The van der Waals surface area contributed by atoms with Crippen LogP contribution in [0.1, 0.15) is 26.3 Å². The van der Waals surface area contributed by atoms with Crippen molar-refractivity contribution in [2.75, 3.05) is 13.2 Å². The minimum Gasteiger partial charge on any atom is -0.346 e. The van der Waals surface area contributed by atoms with Gasteiger partial charge in [0, 0.05) is 41.1 Å². The number of hydrogen-bond acceptors (Lipinski definition) is 2. The van der Waals surface area contributed by atoms with Gasteiger partial charge in [-0.1, -0.05) is 0 Å². The molecule has 0 heterocycles. The molecule has 7 heteroatoms. The Morgan fingerprint density at radius 2 is 1.05 bits per heavy atom. The second kappa shape index (κ2) is 7.70. The molecular weight excluding hydrogens is 576 g/mol. The summed E-state index contributed by atoms with van der Waals surface area (Å²) in [6, 6.07) is 0. The van der Waals surface area contributed by atoms with Crippen molar-refractivity contribution in [1.29, 1.82) is 0 Å². The van der Waals surface area contributed by atoms with Gasteiger partial charge in [-0.05, 0) is 100 Å². The van der Waals surface area contributed by atoms with E-state index in [1.165, 1.54) is 0 Å². The van der Waals surface area contributed by atoms with Crippen LogP contribution in [0.2, 0.25) is 0 Å². The largest absolute Gasteiger partial charge is 0.346 e. The van der Waals surface area contributed by atoms with Gasteiger partial charge >= 0.3 is 0 Å². The summed E-state index contributed by atoms with van der Waals surface area (Å²) in [7, 11) is 0. The van der Waals surface area contributed by atoms with E-state index in [0.717, 1.165) is 27.9 Å². The number of ether oxygens (including phenoxy) is 2. The van der Waals surface area contributed by atoms with Gasteiger partial charge in [-0.15, -0.1) is 0 Å². The standard InChI is InChI=1S/C12H13Br5O2/c1-4-18-12(3,19-5-2)6-7(13)9(15)11(17)10(16)8(6)14/h4-5H2,1-3H3. The Morgan fingerprint density at radius 3 is 1.37 bits per heavy atom. The fourth-order valence-corrected chi connectivity index (χ4v) is 5.51. The molecular formula is C12H13Br5O2. The van der Waals surface area contributed by atoms with Crippen LogP contribution in [0.4, 0.5) is 0 Å². The topological polar surface area (TPSA) is 18.5 Å². The predicted molar refractivity (Wildman–Crippen MR) is 95.5 cm³/mol. The van der Waals surface area contributed by atoms with E-state index >= 15 is 0 Å². The molecule has 1 aromatic rings. The van der Waals surface area contributed by atoms with E-state index in [-0.39, 0.29) is 0 Å². The lowest BCUT2D eigenvalue weighted by atomic mass is 10.1. The third kappa shape index (κ3) is 3.85. The molecule has 0 atom stereocenters. The van der Waals surface area contributed by atoms with Crippen molar-refractivity contribution in [1.82, 2.24) is 0 Å². The normalized spacial score (nSPS) is 12.0. The third-order valence-corrected chi connectivity index (χ3v) is 8.60. The minimum atomic E-state index is -0.826. The molecule has 0 radical (unpaired) electrons. The smallest absolute Gasteiger partial charge is 0.194 e. The molecule has 0 aliphatic carbocycles. The fourth-order valence-electron chi connectivity index (χ4n) is 1.74. The van der Waals surface area contributed by atoms with Crippen LogP contribution in [0.15, 0.2) is 22.4 Å². The molecule has 0 saturated carbocycles. The maximum atomic E-state index is 5.83. The predicted octanol–water partition coefficient (Wildman–Crippen LogP) is 6.74. The number of hydrogen-bond donors (Lipinski definition) is 0. The average molecular weight is 589 g/mol. The molecule has 0 saturated heterocycles. The molecule has 19 heavy (non-hydrogen) atoms. The van der Waals surface area contributed by atoms with Crippen LogP contribution < -0.4 is 0 Å². The fraction of sp³-hybridized carbons (Fsp3) is 0.500. The molecule has 0 aliphatic heterocycles. The van der Waals surface area contributed by atoms with Crippen molar-refractivity contribution in [3.05, 3.63) is 27.9 Å². The van der Waals surface area contributed by atoms with E-state index in [2.05, 4.69) is 79.6 Å². The van der Waals surface area contributed by atoms with Crippen LogP contribution in [0.3, 0.4) is 0 Å². The summed E-state index contributed by atoms with van der Waals surface area (Å²) in [5, 5.41) is 0. The summed E-state index contributed by atoms with van der Waals surface area (Å²) in [5.41, 5.74) is 0.901. The Labute approximate surface area is 155 Å². The Morgan fingerprint density at radius 1 is 0.737 bits per heavy atom. The molecule has 0 unspecified atom stereocenters. The van der Waals surface area contributed by atoms with Crippen LogP contribution in [-0.4, -0.2) is 13.2 Å². The molecule has 1 aromatic carbocycles. The monoisotopic (exact) mass is 584 g/mol. The second-order valence-corrected chi connectivity index (χ2v) is 7.72. The van der Waals surface area contributed by atoms with Crippen molar-refractivity contribution in [2.24, 2.45) is 0 Å². The Bertz CT molecular complexity index is 441. The Balaban J connectivity index is 3.55. The molecule has 0 fully saturated rings. The molecule has 0 aliphatic rings. The zero-order chi connectivity index (χ0) is 14.8. The van der Waals surface area contributed by atoms with E-state index in [1.807, 2.05) is 20.8 Å². The summed E-state index contributed by atoms with van der Waals surface area (Å²) in [4.78, 5) is 0. The van der Waals surface area contributed by atoms with Gasteiger partial charge < -0.3 is 9.47 Å². The van der Waals surface area contributed by atoms with E-state index in [9.17, 15) is 0 Å². The van der Waals surface area contributed by atoms with Gasteiger partial charge in [-0.25, -0.2) is 0 Å². The molecule has 0 amide bonds. The minimum absolute atomic E-state index is 0.556. The summed E-state index contributed by atoms with van der Waals surface area (Å²) in [5.74, 6) is -0.826. The van der Waals surface area contributed by atoms with Gasteiger partial charge in [-0.3, -0.25) is 0 Å².